The van der Waals surface area contributed by atoms with E-state index in [1.54, 1.807) is 6.33 Å². The first-order chi connectivity index (χ1) is 10.3. The molecule has 21 heavy (non-hydrogen) atoms. The van der Waals surface area contributed by atoms with E-state index in [9.17, 15) is 0 Å². The fourth-order valence-electron chi connectivity index (χ4n) is 3.52. The number of nitrogens with one attached hydrogen (secondary N) is 1. The second-order valence-electron chi connectivity index (χ2n) is 5.87. The second-order valence-corrected chi connectivity index (χ2v) is 5.87. The second kappa shape index (κ2) is 6.39. The average molecular weight is 284 g/mol. The zero-order valence-corrected chi connectivity index (χ0v) is 12.9. The molecule has 1 aliphatic carbocycles. The van der Waals surface area contributed by atoms with Gasteiger partial charge in [-0.1, -0.05) is 31.2 Å². The minimum Gasteiger partial charge on any atom is -0.313 e. The predicted octanol–water partition coefficient (Wildman–Crippen LogP) is 2.75. The Balaban J connectivity index is 1.81. The van der Waals surface area contributed by atoms with Gasteiger partial charge in [0.2, 0.25) is 0 Å². The summed E-state index contributed by atoms with van der Waals surface area (Å²) >= 11 is 0. The third-order valence-electron chi connectivity index (χ3n) is 4.53. The molecule has 1 aromatic carbocycles. The van der Waals surface area contributed by atoms with Crippen LogP contribution in [0.25, 0.3) is 0 Å². The number of rotatable bonds is 5. The largest absolute Gasteiger partial charge is 0.313 e. The summed E-state index contributed by atoms with van der Waals surface area (Å²) in [5.74, 6) is 1.71. The van der Waals surface area contributed by atoms with Crippen molar-refractivity contribution in [1.29, 1.82) is 0 Å². The minimum atomic E-state index is 0.418. The normalized spacial score (nSPS) is 21.2. The van der Waals surface area contributed by atoms with Crippen LogP contribution >= 0.6 is 0 Å². The molecule has 2 aromatic rings. The lowest BCUT2D eigenvalue weighted by molar-refractivity contribution is 0.324. The summed E-state index contributed by atoms with van der Waals surface area (Å²) in [7, 11) is 2.07. The van der Waals surface area contributed by atoms with Crippen LogP contribution in [0.2, 0.25) is 0 Å². The quantitative estimate of drug-likeness (QED) is 0.918. The van der Waals surface area contributed by atoms with E-state index in [0.717, 1.165) is 25.2 Å². The zero-order chi connectivity index (χ0) is 14.7. The topological polar surface area (TPSA) is 42.7 Å². The van der Waals surface area contributed by atoms with Gasteiger partial charge in [-0.25, -0.2) is 4.98 Å². The highest BCUT2D eigenvalue weighted by Gasteiger charge is 2.29. The van der Waals surface area contributed by atoms with Gasteiger partial charge in [0.05, 0.1) is 0 Å². The van der Waals surface area contributed by atoms with Crippen LogP contribution in [0.4, 0.5) is 0 Å². The number of fused-ring (bicyclic) bond motifs is 1. The van der Waals surface area contributed by atoms with E-state index in [0.29, 0.717) is 12.0 Å². The number of nitrogens with zero attached hydrogens (tertiary/aromatic N) is 3. The lowest BCUT2D eigenvalue weighted by Crippen LogP contribution is -2.32. The Morgan fingerprint density at radius 3 is 3.00 bits per heavy atom. The molecule has 2 unspecified atom stereocenters. The van der Waals surface area contributed by atoms with Crippen molar-refractivity contribution in [3.63, 3.8) is 0 Å². The molecule has 1 heterocycles. The lowest BCUT2D eigenvalue weighted by atomic mass is 9.78. The van der Waals surface area contributed by atoms with Crippen molar-refractivity contribution in [2.24, 2.45) is 5.92 Å². The van der Waals surface area contributed by atoms with E-state index in [-0.39, 0.29) is 0 Å². The maximum atomic E-state index is 4.48. The standard InChI is InChI=1S/C17H24N4/c1-3-10-21-16(19-12-20-21)11-14-9-8-13-6-4-5-7-15(13)17(14)18-2/h4-7,12,14,17-18H,3,8-11H2,1-2H3. The van der Waals surface area contributed by atoms with Crippen molar-refractivity contribution in [2.75, 3.05) is 7.05 Å². The van der Waals surface area contributed by atoms with Gasteiger partial charge >= 0.3 is 0 Å². The highest BCUT2D eigenvalue weighted by atomic mass is 15.3. The van der Waals surface area contributed by atoms with Crippen LogP contribution in [0, 0.1) is 5.92 Å². The molecule has 0 spiro atoms. The smallest absolute Gasteiger partial charge is 0.138 e. The van der Waals surface area contributed by atoms with E-state index in [1.165, 1.54) is 24.0 Å². The Morgan fingerprint density at radius 1 is 1.33 bits per heavy atom. The maximum absolute atomic E-state index is 4.48. The van der Waals surface area contributed by atoms with Gasteiger partial charge in [0, 0.05) is 19.0 Å². The van der Waals surface area contributed by atoms with Crippen molar-refractivity contribution < 1.29 is 0 Å². The molecular formula is C17H24N4. The molecule has 4 nitrogen and oxygen atoms in total. The molecule has 112 valence electrons. The molecule has 0 saturated carbocycles. The first kappa shape index (κ1) is 14.3. The average Bonchev–Trinajstić information content (AvgIpc) is 2.94. The molecule has 0 bridgehead atoms. The third kappa shape index (κ3) is 2.86. The van der Waals surface area contributed by atoms with Crippen LogP contribution in [-0.2, 0) is 19.4 Å². The molecule has 1 aromatic heterocycles. The van der Waals surface area contributed by atoms with Crippen LogP contribution in [0.15, 0.2) is 30.6 Å². The fraction of sp³-hybridized carbons (Fsp3) is 0.529. The van der Waals surface area contributed by atoms with Gasteiger partial charge in [-0.2, -0.15) is 5.10 Å². The van der Waals surface area contributed by atoms with Crippen molar-refractivity contribution >= 4 is 0 Å². The summed E-state index contributed by atoms with van der Waals surface area (Å²) in [5.41, 5.74) is 2.95. The zero-order valence-electron chi connectivity index (χ0n) is 12.9. The first-order valence-corrected chi connectivity index (χ1v) is 7.95. The molecule has 0 amide bonds. The van der Waals surface area contributed by atoms with Gasteiger partial charge < -0.3 is 5.32 Å². The summed E-state index contributed by atoms with van der Waals surface area (Å²) in [6.07, 6.45) is 6.16. The van der Waals surface area contributed by atoms with E-state index < -0.39 is 0 Å². The highest BCUT2D eigenvalue weighted by Crippen LogP contribution is 2.35. The van der Waals surface area contributed by atoms with Crippen molar-refractivity contribution in [3.05, 3.63) is 47.5 Å². The van der Waals surface area contributed by atoms with Crippen LogP contribution in [0.3, 0.4) is 0 Å². The predicted molar refractivity (Wildman–Crippen MR) is 84.1 cm³/mol. The van der Waals surface area contributed by atoms with E-state index in [2.05, 4.69) is 58.3 Å². The van der Waals surface area contributed by atoms with Crippen molar-refractivity contribution in [2.45, 2.75) is 45.2 Å². The van der Waals surface area contributed by atoms with E-state index in [1.807, 2.05) is 0 Å². The Morgan fingerprint density at radius 2 is 2.19 bits per heavy atom. The molecule has 0 fully saturated rings. The SMILES string of the molecule is CCCn1ncnc1CC1CCc2ccccc2C1NC. The molecule has 1 N–H and O–H groups in total. The number of hydrogen-bond acceptors (Lipinski definition) is 3. The Hall–Kier alpha value is -1.68. The Kier molecular flexibility index (Phi) is 4.34. The summed E-state index contributed by atoms with van der Waals surface area (Å²) in [6.45, 7) is 3.14. The van der Waals surface area contributed by atoms with Crippen LogP contribution in [0.1, 0.15) is 42.8 Å². The van der Waals surface area contributed by atoms with Crippen LogP contribution < -0.4 is 5.32 Å². The van der Waals surface area contributed by atoms with Gasteiger partial charge in [-0.05, 0) is 43.4 Å². The maximum Gasteiger partial charge on any atom is 0.138 e. The van der Waals surface area contributed by atoms with Gasteiger partial charge in [-0.3, -0.25) is 4.68 Å². The lowest BCUT2D eigenvalue weighted by Gasteiger charge is -2.33. The fourth-order valence-corrected chi connectivity index (χ4v) is 3.52. The summed E-state index contributed by atoms with van der Waals surface area (Å²) in [4.78, 5) is 4.48. The molecule has 1 aliphatic rings. The van der Waals surface area contributed by atoms with Crippen molar-refractivity contribution in [3.8, 4) is 0 Å². The molecule has 3 rings (SSSR count). The highest BCUT2D eigenvalue weighted by molar-refractivity contribution is 5.33. The van der Waals surface area contributed by atoms with Gasteiger partial charge in [-0.15, -0.1) is 0 Å². The summed E-state index contributed by atoms with van der Waals surface area (Å²) < 4.78 is 2.06. The third-order valence-corrected chi connectivity index (χ3v) is 4.53. The molecule has 0 aliphatic heterocycles. The number of benzene rings is 1. The minimum absolute atomic E-state index is 0.418. The molecule has 2 atom stereocenters. The molecular weight excluding hydrogens is 260 g/mol. The van der Waals surface area contributed by atoms with Gasteiger partial charge in [0.25, 0.3) is 0 Å². The number of aromatic nitrogens is 3. The van der Waals surface area contributed by atoms with Gasteiger partial charge in [0.1, 0.15) is 12.2 Å². The summed E-state index contributed by atoms with van der Waals surface area (Å²) in [5, 5.41) is 7.87. The number of aryl methyl sites for hydroxylation is 2. The van der Waals surface area contributed by atoms with Crippen LogP contribution in [0.5, 0.6) is 0 Å². The van der Waals surface area contributed by atoms with E-state index in [4.69, 9.17) is 0 Å². The van der Waals surface area contributed by atoms with Crippen molar-refractivity contribution in [1.82, 2.24) is 20.1 Å². The monoisotopic (exact) mass is 284 g/mol. The molecule has 0 radical (unpaired) electrons. The molecule has 4 heteroatoms. The molecule has 0 saturated heterocycles. The van der Waals surface area contributed by atoms with Crippen LogP contribution in [-0.4, -0.2) is 21.8 Å². The van der Waals surface area contributed by atoms with Gasteiger partial charge in [0.15, 0.2) is 0 Å². The number of hydrogen-bond donors (Lipinski definition) is 1. The Bertz CT molecular complexity index is 590. The van der Waals surface area contributed by atoms with E-state index >= 15 is 0 Å². The Labute approximate surface area is 126 Å². The first-order valence-electron chi connectivity index (χ1n) is 7.95. The summed E-state index contributed by atoms with van der Waals surface area (Å²) in [6, 6.07) is 9.23.